The standard InChI is InChI=1S/C24H29FN4O3S/c1-15(2)13-29-23(17(4)32-19-9-7-18(25)8-10-19)27-28-24(29)33-14-22(30)26-20-12-16(3)6-11-21(20)31-5/h6-12,15,17H,13-14H2,1-5H3,(H,26,30). The van der Waals surface area contributed by atoms with Gasteiger partial charge in [-0.15, -0.1) is 10.2 Å². The third-order valence-electron chi connectivity index (χ3n) is 4.74. The number of thioether (sulfide) groups is 1. The minimum atomic E-state index is -0.401. The molecule has 0 saturated carbocycles. The van der Waals surface area contributed by atoms with Crippen molar-refractivity contribution < 1.29 is 18.7 Å². The van der Waals surface area contributed by atoms with Gasteiger partial charge in [0, 0.05) is 6.54 Å². The summed E-state index contributed by atoms with van der Waals surface area (Å²) in [7, 11) is 1.57. The average molecular weight is 473 g/mol. The van der Waals surface area contributed by atoms with Crippen molar-refractivity contribution in [1.82, 2.24) is 14.8 Å². The van der Waals surface area contributed by atoms with E-state index in [1.165, 1.54) is 23.9 Å². The first-order valence-electron chi connectivity index (χ1n) is 10.7. The molecule has 0 spiro atoms. The minimum absolute atomic E-state index is 0.167. The summed E-state index contributed by atoms with van der Waals surface area (Å²) in [5, 5.41) is 12.2. The van der Waals surface area contributed by atoms with E-state index >= 15 is 0 Å². The number of amides is 1. The molecule has 0 radical (unpaired) electrons. The first-order valence-corrected chi connectivity index (χ1v) is 11.7. The van der Waals surface area contributed by atoms with E-state index in [-0.39, 0.29) is 17.5 Å². The minimum Gasteiger partial charge on any atom is -0.495 e. The van der Waals surface area contributed by atoms with Gasteiger partial charge in [0.15, 0.2) is 17.1 Å². The van der Waals surface area contributed by atoms with Gasteiger partial charge in [0.2, 0.25) is 5.91 Å². The second-order valence-electron chi connectivity index (χ2n) is 8.10. The lowest BCUT2D eigenvalue weighted by atomic mass is 10.2. The van der Waals surface area contributed by atoms with Gasteiger partial charge in [0.05, 0.1) is 18.6 Å². The van der Waals surface area contributed by atoms with Gasteiger partial charge in [-0.05, 0) is 61.7 Å². The number of carbonyl (C=O) groups excluding carboxylic acids is 1. The number of methoxy groups -OCH3 is 1. The van der Waals surface area contributed by atoms with Crippen LogP contribution in [0.1, 0.15) is 38.3 Å². The highest BCUT2D eigenvalue weighted by molar-refractivity contribution is 7.99. The SMILES string of the molecule is COc1ccc(C)cc1NC(=O)CSc1nnc(C(C)Oc2ccc(F)cc2)n1CC(C)C. The third-order valence-corrected chi connectivity index (χ3v) is 5.71. The molecule has 1 unspecified atom stereocenters. The van der Waals surface area contributed by atoms with Gasteiger partial charge < -0.3 is 19.4 Å². The molecule has 2 aromatic carbocycles. The molecule has 0 aliphatic heterocycles. The third kappa shape index (κ3) is 6.71. The summed E-state index contributed by atoms with van der Waals surface area (Å²) in [5.41, 5.74) is 1.66. The molecule has 1 heterocycles. The fourth-order valence-electron chi connectivity index (χ4n) is 3.25. The fourth-order valence-corrected chi connectivity index (χ4v) is 4.00. The molecule has 176 valence electrons. The van der Waals surface area contributed by atoms with Crippen LogP contribution in [-0.4, -0.2) is 33.5 Å². The number of benzene rings is 2. The molecular formula is C24H29FN4O3S. The summed E-state index contributed by atoms with van der Waals surface area (Å²) in [4.78, 5) is 12.6. The quantitative estimate of drug-likeness (QED) is 0.406. The van der Waals surface area contributed by atoms with Crippen LogP contribution in [0.5, 0.6) is 11.5 Å². The monoisotopic (exact) mass is 472 g/mol. The van der Waals surface area contributed by atoms with E-state index in [2.05, 4.69) is 29.4 Å². The molecule has 0 fully saturated rings. The Kier molecular flexibility index (Phi) is 8.32. The number of nitrogens with zero attached hydrogens (tertiary/aromatic N) is 3. The van der Waals surface area contributed by atoms with Crippen LogP contribution in [-0.2, 0) is 11.3 Å². The molecule has 3 aromatic rings. The first kappa shape index (κ1) is 24.6. The Labute approximate surface area is 197 Å². The molecule has 0 aliphatic carbocycles. The van der Waals surface area contributed by atoms with Crippen LogP contribution in [0.25, 0.3) is 0 Å². The Morgan fingerprint density at radius 1 is 1.15 bits per heavy atom. The Balaban J connectivity index is 1.71. The van der Waals surface area contributed by atoms with Crippen molar-refractivity contribution in [3.05, 3.63) is 59.7 Å². The molecule has 1 amide bonds. The number of anilines is 1. The number of aryl methyl sites for hydroxylation is 1. The van der Waals surface area contributed by atoms with Crippen LogP contribution in [0.3, 0.4) is 0 Å². The molecule has 3 rings (SSSR count). The Morgan fingerprint density at radius 2 is 1.88 bits per heavy atom. The normalized spacial score (nSPS) is 12.0. The first-order chi connectivity index (χ1) is 15.8. The molecule has 1 aromatic heterocycles. The van der Waals surface area contributed by atoms with E-state index < -0.39 is 6.10 Å². The van der Waals surface area contributed by atoms with E-state index in [1.54, 1.807) is 19.2 Å². The number of aromatic nitrogens is 3. The van der Waals surface area contributed by atoms with Gasteiger partial charge in [-0.1, -0.05) is 31.7 Å². The van der Waals surface area contributed by atoms with Crippen molar-refractivity contribution in [2.45, 2.75) is 45.5 Å². The lowest BCUT2D eigenvalue weighted by molar-refractivity contribution is -0.113. The maximum atomic E-state index is 13.2. The summed E-state index contributed by atoms with van der Waals surface area (Å²) in [6.45, 7) is 8.69. The topological polar surface area (TPSA) is 78.3 Å². The van der Waals surface area contributed by atoms with Gasteiger partial charge in [-0.25, -0.2) is 4.39 Å². The maximum absolute atomic E-state index is 13.2. The zero-order valence-corrected chi connectivity index (χ0v) is 20.3. The van der Waals surface area contributed by atoms with Gasteiger partial charge in [-0.2, -0.15) is 0 Å². The number of hydrogen-bond acceptors (Lipinski definition) is 6. The van der Waals surface area contributed by atoms with Crippen LogP contribution in [0.2, 0.25) is 0 Å². The van der Waals surface area contributed by atoms with Crippen LogP contribution in [0.15, 0.2) is 47.6 Å². The smallest absolute Gasteiger partial charge is 0.234 e. The number of hydrogen-bond donors (Lipinski definition) is 1. The predicted octanol–water partition coefficient (Wildman–Crippen LogP) is 5.26. The number of carbonyl (C=O) groups is 1. The van der Waals surface area contributed by atoms with E-state index in [4.69, 9.17) is 9.47 Å². The Hall–Kier alpha value is -3.07. The predicted molar refractivity (Wildman–Crippen MR) is 127 cm³/mol. The lowest BCUT2D eigenvalue weighted by Gasteiger charge is -2.18. The highest BCUT2D eigenvalue weighted by Gasteiger charge is 2.21. The van der Waals surface area contributed by atoms with Crippen molar-refractivity contribution in [3.8, 4) is 11.5 Å². The lowest BCUT2D eigenvalue weighted by Crippen LogP contribution is -2.17. The van der Waals surface area contributed by atoms with Crippen LogP contribution < -0.4 is 14.8 Å². The number of nitrogens with one attached hydrogen (secondary N) is 1. The number of halogens is 1. The zero-order chi connectivity index (χ0) is 24.0. The molecular weight excluding hydrogens is 443 g/mol. The fraction of sp³-hybridized carbons (Fsp3) is 0.375. The largest absolute Gasteiger partial charge is 0.495 e. The second-order valence-corrected chi connectivity index (χ2v) is 9.04. The molecule has 1 N–H and O–H groups in total. The van der Waals surface area contributed by atoms with Gasteiger partial charge >= 0.3 is 0 Å². The summed E-state index contributed by atoms with van der Waals surface area (Å²) < 4.78 is 26.4. The highest BCUT2D eigenvalue weighted by atomic mass is 32.2. The number of rotatable bonds is 10. The van der Waals surface area contributed by atoms with Gasteiger partial charge in [0.25, 0.3) is 0 Å². The van der Waals surface area contributed by atoms with Crippen LogP contribution >= 0.6 is 11.8 Å². The van der Waals surface area contributed by atoms with Gasteiger partial charge in [0.1, 0.15) is 17.3 Å². The van der Waals surface area contributed by atoms with E-state index in [9.17, 15) is 9.18 Å². The Morgan fingerprint density at radius 3 is 2.55 bits per heavy atom. The van der Waals surface area contributed by atoms with E-state index in [0.717, 1.165) is 5.56 Å². The second kappa shape index (κ2) is 11.2. The van der Waals surface area contributed by atoms with E-state index in [0.29, 0.717) is 40.6 Å². The molecule has 0 aliphatic rings. The van der Waals surface area contributed by atoms with Gasteiger partial charge in [-0.3, -0.25) is 4.79 Å². The van der Waals surface area contributed by atoms with Crippen molar-refractivity contribution in [1.29, 1.82) is 0 Å². The molecule has 0 saturated heterocycles. The summed E-state index contributed by atoms with van der Waals surface area (Å²) in [5.74, 6) is 1.82. The maximum Gasteiger partial charge on any atom is 0.234 e. The van der Waals surface area contributed by atoms with Crippen LogP contribution in [0, 0.1) is 18.7 Å². The van der Waals surface area contributed by atoms with Crippen molar-refractivity contribution in [3.63, 3.8) is 0 Å². The molecule has 0 bridgehead atoms. The van der Waals surface area contributed by atoms with Crippen molar-refractivity contribution in [2.24, 2.45) is 5.92 Å². The average Bonchev–Trinajstić information content (AvgIpc) is 3.16. The summed E-state index contributed by atoms with van der Waals surface area (Å²) in [6.07, 6.45) is -0.401. The molecule has 9 heteroatoms. The summed E-state index contributed by atoms with van der Waals surface area (Å²) in [6, 6.07) is 11.5. The highest BCUT2D eigenvalue weighted by Crippen LogP contribution is 2.28. The van der Waals surface area contributed by atoms with Crippen LogP contribution in [0.4, 0.5) is 10.1 Å². The van der Waals surface area contributed by atoms with E-state index in [1.807, 2.05) is 36.6 Å². The molecule has 33 heavy (non-hydrogen) atoms. The summed E-state index contributed by atoms with van der Waals surface area (Å²) >= 11 is 1.31. The number of ether oxygens (including phenoxy) is 2. The Bertz CT molecular complexity index is 1090. The van der Waals surface area contributed by atoms with Crippen molar-refractivity contribution >= 4 is 23.4 Å². The molecule has 1 atom stereocenters. The van der Waals surface area contributed by atoms with Crippen molar-refractivity contribution in [2.75, 3.05) is 18.2 Å². The molecule has 7 nitrogen and oxygen atoms in total. The zero-order valence-electron chi connectivity index (χ0n) is 19.5.